The molecule has 0 saturated carbocycles. The topological polar surface area (TPSA) is 80.3 Å². The largest absolute Gasteiger partial charge is 1.00 e. The molecular weight excluding hydrogens is 511 g/mol. The predicted molar refractivity (Wildman–Crippen MR) is 122 cm³/mol. The number of rotatable bonds is 6. The maximum atomic E-state index is 11.3. The number of hydrogen-bond donors (Lipinski definition) is 0. The van der Waals surface area contributed by atoms with E-state index in [2.05, 4.69) is 0 Å². The maximum Gasteiger partial charge on any atom is 1.00 e. The van der Waals surface area contributed by atoms with Gasteiger partial charge in [0, 0.05) is 19.6 Å². The Bertz CT molecular complexity index is 1170. The molecule has 0 heterocycles. The summed E-state index contributed by atoms with van der Waals surface area (Å²) in [5.74, 6) is 0. The first-order chi connectivity index (χ1) is 14.0. The van der Waals surface area contributed by atoms with Gasteiger partial charge < -0.3 is 9.11 Å². The molecule has 0 bridgehead atoms. The second-order valence-corrected chi connectivity index (χ2v) is 11.8. The van der Waals surface area contributed by atoms with Crippen LogP contribution in [0.5, 0.6) is 0 Å². The van der Waals surface area contributed by atoms with Crippen molar-refractivity contribution < 1.29 is 76.6 Å². The normalized spacial score (nSPS) is 12.7. The van der Waals surface area contributed by atoms with Gasteiger partial charge in [-0.3, -0.25) is 8.42 Å². The summed E-state index contributed by atoms with van der Waals surface area (Å²) in [6.45, 7) is 0. The molecule has 0 aliphatic rings. The van der Waals surface area contributed by atoms with Crippen LogP contribution < -0.4 is 59.1 Å². The van der Waals surface area contributed by atoms with Crippen LogP contribution in [0.15, 0.2) is 92.4 Å². The van der Waals surface area contributed by atoms with Crippen molar-refractivity contribution in [2.24, 2.45) is 0 Å². The first-order valence-electron chi connectivity index (χ1n) is 8.28. The minimum absolute atomic E-state index is 0. The molecule has 4 aromatic carbocycles. The second kappa shape index (κ2) is 12.9. The van der Waals surface area contributed by atoms with Gasteiger partial charge in [0.15, 0.2) is 0 Å². The van der Waals surface area contributed by atoms with Gasteiger partial charge in [0.25, 0.3) is 0 Å². The van der Waals surface area contributed by atoms with Crippen molar-refractivity contribution in [1.29, 1.82) is 0 Å². The van der Waals surface area contributed by atoms with E-state index < -0.39 is 22.2 Å². The summed E-state index contributed by atoms with van der Waals surface area (Å²) < 4.78 is 45.2. The molecule has 2 unspecified atom stereocenters. The maximum absolute atomic E-state index is 11.3. The molecule has 0 aliphatic carbocycles. The van der Waals surface area contributed by atoms with E-state index in [1.54, 1.807) is 67.8 Å². The molecule has 0 radical (unpaired) electrons. The van der Waals surface area contributed by atoms with Gasteiger partial charge in [-0.05, 0) is 112 Å². The Morgan fingerprint density at radius 3 is 1.42 bits per heavy atom. The van der Waals surface area contributed by atoms with Crippen LogP contribution in [0.25, 0.3) is 21.5 Å². The average Bonchev–Trinajstić information content (AvgIpc) is 2.73. The predicted octanol–water partition coefficient (Wildman–Crippen LogP) is -0.0754. The van der Waals surface area contributed by atoms with Gasteiger partial charge in [-0.1, -0.05) is 36.4 Å². The molecule has 2 atom stereocenters. The van der Waals surface area contributed by atoms with Crippen LogP contribution in [0.2, 0.25) is 0 Å². The van der Waals surface area contributed by atoms with E-state index in [0.29, 0.717) is 0 Å². The summed E-state index contributed by atoms with van der Waals surface area (Å²) in [7, 11) is 4.63. The summed E-state index contributed by atoms with van der Waals surface area (Å²) in [5.41, 5.74) is 0. The third-order valence-electron chi connectivity index (χ3n) is 4.26. The fourth-order valence-electron chi connectivity index (χ4n) is 2.89. The zero-order valence-corrected chi connectivity index (χ0v) is 24.7. The van der Waals surface area contributed by atoms with Crippen LogP contribution in [-0.2, 0) is 22.2 Å². The van der Waals surface area contributed by atoms with E-state index in [0.717, 1.165) is 31.3 Å². The Morgan fingerprint density at radius 2 is 1.03 bits per heavy atom. The van der Waals surface area contributed by atoms with Crippen LogP contribution in [0.4, 0.5) is 0 Å². The quantitative estimate of drug-likeness (QED) is 0.199. The van der Waals surface area contributed by atoms with Crippen molar-refractivity contribution in [2.75, 3.05) is 0 Å². The first kappa shape index (κ1) is 27.9. The molecule has 0 amide bonds. The summed E-state index contributed by atoms with van der Waals surface area (Å²) in [6, 6.07) is 21.8. The molecule has 4 rings (SSSR count). The van der Waals surface area contributed by atoms with Gasteiger partial charge in [-0.2, -0.15) is 0 Å². The molecular formula is C20H12Na2O4S5. The SMILES string of the molecule is O=S([O-])c1ccc2cccc(SSSc3cccc4ccc(S(=O)[O-])cc34)c2c1.[Na+].[Na+]. The molecule has 4 aromatic rings. The number of benzene rings is 4. The average molecular weight is 523 g/mol. The number of fused-ring (bicyclic) bond motifs is 2. The number of hydrogen-bond acceptors (Lipinski definition) is 7. The summed E-state index contributed by atoms with van der Waals surface area (Å²) in [4.78, 5) is 2.45. The smallest absolute Gasteiger partial charge is 0.768 e. The first-order valence-corrected chi connectivity index (χ1v) is 13.9. The van der Waals surface area contributed by atoms with Gasteiger partial charge >= 0.3 is 59.1 Å². The molecule has 0 N–H and O–H groups in total. The van der Waals surface area contributed by atoms with Crippen LogP contribution >= 0.6 is 31.4 Å². The minimum Gasteiger partial charge on any atom is -0.768 e. The summed E-state index contributed by atoms with van der Waals surface area (Å²) in [5, 5.41) is 3.72. The molecule has 4 nitrogen and oxygen atoms in total. The van der Waals surface area contributed by atoms with Crippen molar-refractivity contribution in [3.8, 4) is 0 Å². The molecule has 0 aliphatic heterocycles. The summed E-state index contributed by atoms with van der Waals surface area (Å²) >= 11 is -4.54. The Balaban J connectivity index is 0.00000171. The molecule has 0 fully saturated rings. The van der Waals surface area contributed by atoms with Crippen LogP contribution in [-0.4, -0.2) is 17.5 Å². The Kier molecular flexibility index (Phi) is 11.7. The third-order valence-corrected chi connectivity index (χ3v) is 9.45. The van der Waals surface area contributed by atoms with Gasteiger partial charge in [0.05, 0.1) is 0 Å². The van der Waals surface area contributed by atoms with Crippen molar-refractivity contribution in [1.82, 2.24) is 0 Å². The van der Waals surface area contributed by atoms with Crippen molar-refractivity contribution in [3.63, 3.8) is 0 Å². The van der Waals surface area contributed by atoms with Crippen LogP contribution in [0, 0.1) is 0 Å². The van der Waals surface area contributed by atoms with E-state index in [4.69, 9.17) is 0 Å². The molecule has 31 heavy (non-hydrogen) atoms. The van der Waals surface area contributed by atoms with Gasteiger partial charge in [0.1, 0.15) is 0 Å². The summed E-state index contributed by atoms with van der Waals surface area (Å²) in [6.07, 6.45) is 0. The van der Waals surface area contributed by atoms with Gasteiger partial charge in [-0.25, -0.2) is 0 Å². The Morgan fingerprint density at radius 1 is 0.613 bits per heavy atom. The Hall–Kier alpha value is 0.670. The molecule has 11 heteroatoms. The van der Waals surface area contributed by atoms with Gasteiger partial charge in [0.2, 0.25) is 0 Å². The Labute approximate surface area is 241 Å². The van der Waals surface area contributed by atoms with Crippen LogP contribution in [0.3, 0.4) is 0 Å². The van der Waals surface area contributed by atoms with Crippen LogP contribution in [0.1, 0.15) is 0 Å². The molecule has 0 spiro atoms. The standard InChI is InChI=1S/C20H14O4S5.2Na/c21-28(22)15-9-7-13-3-1-5-19(17(13)11-15)25-27-26-20-6-2-4-14-8-10-16(29(23)24)12-18(14)20;;/h1-12H,(H,21,22)(H,23,24);;/q;2*+1/p-2. The van der Waals surface area contributed by atoms with Crippen molar-refractivity contribution in [3.05, 3.63) is 72.8 Å². The zero-order chi connectivity index (χ0) is 20.4. The van der Waals surface area contributed by atoms with E-state index in [-0.39, 0.29) is 68.9 Å². The van der Waals surface area contributed by atoms with Crippen molar-refractivity contribution in [2.45, 2.75) is 19.6 Å². The molecule has 0 aromatic heterocycles. The van der Waals surface area contributed by atoms with E-state index >= 15 is 0 Å². The second-order valence-electron chi connectivity index (χ2n) is 5.98. The monoisotopic (exact) mass is 522 g/mol. The van der Waals surface area contributed by atoms with E-state index in [1.807, 2.05) is 36.4 Å². The molecule has 148 valence electrons. The third kappa shape index (κ3) is 6.85. The molecule has 0 saturated heterocycles. The van der Waals surface area contributed by atoms with Crippen molar-refractivity contribution >= 4 is 75.1 Å². The van der Waals surface area contributed by atoms with Gasteiger partial charge in [-0.15, -0.1) is 0 Å². The van der Waals surface area contributed by atoms with E-state index in [1.165, 1.54) is 0 Å². The minimum atomic E-state index is -2.27. The van der Waals surface area contributed by atoms with E-state index in [9.17, 15) is 17.5 Å². The fraction of sp³-hybridized carbons (Fsp3) is 0. The zero-order valence-electron chi connectivity index (χ0n) is 16.6. The fourth-order valence-corrected chi connectivity index (χ4v) is 7.70.